The van der Waals surface area contributed by atoms with Crippen LogP contribution < -0.4 is 4.74 Å². The Kier molecular flexibility index (Phi) is 6.09. The van der Waals surface area contributed by atoms with E-state index in [0.29, 0.717) is 13.0 Å². The summed E-state index contributed by atoms with van der Waals surface area (Å²) in [6, 6.07) is 5.82. The van der Waals surface area contributed by atoms with Crippen LogP contribution in [0.4, 0.5) is 0 Å². The van der Waals surface area contributed by atoms with Crippen LogP contribution in [0.3, 0.4) is 0 Å². The zero-order valence-corrected chi connectivity index (χ0v) is 12.3. The van der Waals surface area contributed by atoms with Crippen LogP contribution in [0.2, 0.25) is 0 Å². The van der Waals surface area contributed by atoms with Gasteiger partial charge in [-0.3, -0.25) is 0 Å². The largest absolute Gasteiger partial charge is 0.491 e. The fraction of sp³-hybridized carbons (Fsp3) is 0.500. The van der Waals surface area contributed by atoms with Crippen LogP contribution in [0.25, 0.3) is 10.2 Å². The molecule has 1 aromatic heterocycles. The third-order valence-corrected chi connectivity index (χ3v) is 3.31. The Morgan fingerprint density at radius 1 is 1.39 bits per heavy atom. The first-order valence-corrected chi connectivity index (χ1v) is 7.18. The van der Waals surface area contributed by atoms with Crippen LogP contribution in [-0.2, 0) is 0 Å². The highest BCUT2D eigenvalue weighted by molar-refractivity contribution is 7.18. The molecule has 2 aromatic rings. The lowest BCUT2D eigenvalue weighted by Gasteiger charge is -2.09. The molecule has 1 aromatic carbocycles. The minimum absolute atomic E-state index is 0.347. The third-order valence-electron chi connectivity index (χ3n) is 2.38. The molecule has 1 atom stereocenters. The van der Waals surface area contributed by atoms with Gasteiger partial charge in [-0.25, -0.2) is 4.98 Å². The molecule has 0 bridgehead atoms. The molecule has 0 spiro atoms. The summed E-state index contributed by atoms with van der Waals surface area (Å²) in [5.41, 5.74) is 1.01. The summed E-state index contributed by atoms with van der Waals surface area (Å²) >= 11 is 1.65. The first kappa shape index (κ1) is 14.9. The number of aryl methyl sites for hydroxylation is 1. The zero-order chi connectivity index (χ0) is 13.5. The normalized spacial score (nSPS) is 11.8. The van der Waals surface area contributed by atoms with Crippen LogP contribution in [0, 0.1) is 6.92 Å². The summed E-state index contributed by atoms with van der Waals surface area (Å²) in [4.78, 5) is 4.38. The SMILES string of the molecule is CC.CCC(O)COc1ccc2nc(C)sc2c1. The van der Waals surface area contributed by atoms with Crippen molar-refractivity contribution in [2.45, 2.75) is 40.2 Å². The van der Waals surface area contributed by atoms with Crippen LogP contribution in [0.1, 0.15) is 32.2 Å². The lowest BCUT2D eigenvalue weighted by molar-refractivity contribution is 0.104. The molecule has 0 fully saturated rings. The highest BCUT2D eigenvalue weighted by atomic mass is 32.1. The standard InChI is InChI=1S/C12H15NO2S.C2H6/c1-3-9(14)7-15-10-4-5-11-12(6-10)16-8(2)13-11;1-2/h4-6,9,14H,3,7H2,1-2H3;1-2H3. The molecule has 0 amide bonds. The average Bonchev–Trinajstić information content (AvgIpc) is 2.77. The lowest BCUT2D eigenvalue weighted by atomic mass is 10.3. The molecule has 3 nitrogen and oxygen atoms in total. The molecule has 1 unspecified atom stereocenters. The quantitative estimate of drug-likeness (QED) is 0.916. The number of fused-ring (bicyclic) bond motifs is 1. The Morgan fingerprint density at radius 2 is 2.11 bits per heavy atom. The van der Waals surface area contributed by atoms with E-state index < -0.39 is 0 Å². The van der Waals surface area contributed by atoms with Crippen molar-refractivity contribution in [2.75, 3.05) is 6.61 Å². The van der Waals surface area contributed by atoms with Crippen molar-refractivity contribution in [2.24, 2.45) is 0 Å². The number of rotatable bonds is 4. The van der Waals surface area contributed by atoms with E-state index in [4.69, 9.17) is 4.74 Å². The van der Waals surface area contributed by atoms with Gasteiger partial charge in [0.05, 0.1) is 21.3 Å². The van der Waals surface area contributed by atoms with Gasteiger partial charge >= 0.3 is 0 Å². The predicted molar refractivity (Wildman–Crippen MR) is 77.5 cm³/mol. The van der Waals surface area contributed by atoms with E-state index in [1.165, 1.54) is 0 Å². The molecule has 1 N–H and O–H groups in total. The Labute approximate surface area is 112 Å². The van der Waals surface area contributed by atoms with Gasteiger partial charge in [0.15, 0.2) is 0 Å². The van der Waals surface area contributed by atoms with E-state index in [2.05, 4.69) is 4.98 Å². The Balaban J connectivity index is 0.000000771. The van der Waals surface area contributed by atoms with Gasteiger partial charge in [0.1, 0.15) is 12.4 Å². The van der Waals surface area contributed by atoms with E-state index >= 15 is 0 Å². The summed E-state index contributed by atoms with van der Waals surface area (Å²) in [5.74, 6) is 0.795. The maximum Gasteiger partial charge on any atom is 0.121 e. The van der Waals surface area contributed by atoms with Crippen molar-refractivity contribution in [3.63, 3.8) is 0 Å². The van der Waals surface area contributed by atoms with Gasteiger partial charge in [0.25, 0.3) is 0 Å². The second kappa shape index (κ2) is 7.34. The first-order chi connectivity index (χ1) is 8.69. The minimum atomic E-state index is -0.390. The summed E-state index contributed by atoms with van der Waals surface area (Å²) < 4.78 is 6.63. The van der Waals surface area contributed by atoms with E-state index in [9.17, 15) is 5.11 Å². The van der Waals surface area contributed by atoms with E-state index in [1.54, 1.807) is 11.3 Å². The smallest absolute Gasteiger partial charge is 0.121 e. The summed E-state index contributed by atoms with van der Waals surface area (Å²) in [6.45, 7) is 8.27. The second-order valence-electron chi connectivity index (χ2n) is 3.74. The molecule has 100 valence electrons. The molecule has 0 radical (unpaired) electrons. The van der Waals surface area contributed by atoms with Crippen molar-refractivity contribution < 1.29 is 9.84 Å². The molecule has 1 heterocycles. The van der Waals surface area contributed by atoms with Gasteiger partial charge < -0.3 is 9.84 Å². The number of hydrogen-bond acceptors (Lipinski definition) is 4. The van der Waals surface area contributed by atoms with Crippen LogP contribution >= 0.6 is 11.3 Å². The summed E-state index contributed by atoms with van der Waals surface area (Å²) in [6.07, 6.45) is 0.320. The molecule has 18 heavy (non-hydrogen) atoms. The van der Waals surface area contributed by atoms with E-state index in [1.807, 2.05) is 45.9 Å². The molecule has 0 aliphatic rings. The molecular formula is C14H21NO2S. The van der Waals surface area contributed by atoms with E-state index in [0.717, 1.165) is 21.0 Å². The molecule has 0 saturated heterocycles. The van der Waals surface area contributed by atoms with Gasteiger partial charge in [-0.05, 0) is 31.5 Å². The number of benzene rings is 1. The van der Waals surface area contributed by atoms with Gasteiger partial charge in [0.2, 0.25) is 0 Å². The number of nitrogens with zero attached hydrogens (tertiary/aromatic N) is 1. The van der Waals surface area contributed by atoms with Gasteiger partial charge in [0, 0.05) is 0 Å². The Morgan fingerprint density at radius 3 is 2.78 bits per heavy atom. The van der Waals surface area contributed by atoms with Gasteiger partial charge in [-0.1, -0.05) is 20.8 Å². The number of aromatic nitrogens is 1. The maximum absolute atomic E-state index is 9.40. The van der Waals surface area contributed by atoms with Crippen molar-refractivity contribution in [1.82, 2.24) is 4.98 Å². The highest BCUT2D eigenvalue weighted by Gasteiger charge is 2.04. The van der Waals surface area contributed by atoms with Gasteiger partial charge in [-0.15, -0.1) is 11.3 Å². The van der Waals surface area contributed by atoms with Crippen LogP contribution in [0.5, 0.6) is 5.75 Å². The lowest BCUT2D eigenvalue weighted by Crippen LogP contribution is -2.15. The maximum atomic E-state index is 9.40. The van der Waals surface area contributed by atoms with Crippen molar-refractivity contribution in [3.05, 3.63) is 23.2 Å². The second-order valence-corrected chi connectivity index (χ2v) is 4.97. The molecule has 0 aliphatic carbocycles. The number of aliphatic hydroxyl groups excluding tert-OH is 1. The first-order valence-electron chi connectivity index (χ1n) is 6.37. The number of hydrogen-bond donors (Lipinski definition) is 1. The number of ether oxygens (including phenoxy) is 1. The fourth-order valence-corrected chi connectivity index (χ4v) is 2.28. The summed E-state index contributed by atoms with van der Waals surface area (Å²) in [5, 5.41) is 10.5. The topological polar surface area (TPSA) is 42.4 Å². The minimum Gasteiger partial charge on any atom is -0.491 e. The van der Waals surface area contributed by atoms with Crippen LogP contribution in [0.15, 0.2) is 18.2 Å². The monoisotopic (exact) mass is 267 g/mol. The van der Waals surface area contributed by atoms with E-state index in [-0.39, 0.29) is 6.10 Å². The highest BCUT2D eigenvalue weighted by Crippen LogP contribution is 2.25. The third kappa shape index (κ3) is 3.96. The zero-order valence-electron chi connectivity index (χ0n) is 11.4. The molecule has 4 heteroatoms. The van der Waals surface area contributed by atoms with Crippen LogP contribution in [-0.4, -0.2) is 22.8 Å². The molecule has 2 rings (SSSR count). The number of thiazole rings is 1. The fourth-order valence-electron chi connectivity index (χ4n) is 1.42. The predicted octanol–water partition coefficient (Wildman–Crippen LogP) is 3.78. The summed E-state index contributed by atoms with van der Waals surface area (Å²) in [7, 11) is 0. The molecule has 0 saturated carbocycles. The van der Waals surface area contributed by atoms with Crippen molar-refractivity contribution in [3.8, 4) is 5.75 Å². The van der Waals surface area contributed by atoms with Gasteiger partial charge in [-0.2, -0.15) is 0 Å². The van der Waals surface area contributed by atoms with Crippen molar-refractivity contribution in [1.29, 1.82) is 0 Å². The Bertz CT molecular complexity index is 482. The number of aliphatic hydroxyl groups is 1. The average molecular weight is 267 g/mol. The molecular weight excluding hydrogens is 246 g/mol. The molecule has 0 aliphatic heterocycles. The van der Waals surface area contributed by atoms with Crippen molar-refractivity contribution >= 4 is 21.6 Å². The Hall–Kier alpha value is -1.13.